The number of rotatable bonds is 3. The van der Waals surface area contributed by atoms with E-state index in [1.54, 1.807) is 24.3 Å². The van der Waals surface area contributed by atoms with Crippen molar-refractivity contribution in [1.29, 1.82) is 0 Å². The molecule has 114 valence electrons. The second-order valence-electron chi connectivity index (χ2n) is 6.85. The first kappa shape index (κ1) is 14.0. The zero-order valence-corrected chi connectivity index (χ0v) is 13.2. The summed E-state index contributed by atoms with van der Waals surface area (Å²) < 4.78 is 0. The first-order chi connectivity index (χ1) is 10.6. The molecule has 2 saturated carbocycles. The Hall–Kier alpha value is -1.61. The zero-order chi connectivity index (χ0) is 15.5. The van der Waals surface area contributed by atoms with Gasteiger partial charge in [-0.05, 0) is 54.2 Å². The van der Waals surface area contributed by atoms with Gasteiger partial charge < -0.3 is 0 Å². The molecule has 3 aliphatic carbocycles. The van der Waals surface area contributed by atoms with Gasteiger partial charge in [0.2, 0.25) is 12.3 Å². The number of nitrogens with zero attached hydrogens (tertiary/aromatic N) is 1. The molecule has 4 heteroatoms. The Morgan fingerprint density at radius 3 is 2.64 bits per heavy atom. The molecule has 0 radical (unpaired) electrons. The van der Waals surface area contributed by atoms with E-state index < -0.39 is 0 Å². The van der Waals surface area contributed by atoms with Crippen molar-refractivity contribution < 1.29 is 9.59 Å². The first-order valence-corrected chi connectivity index (χ1v) is 8.18. The number of anilines is 1. The fraction of sp³-hybridized carbons (Fsp3) is 0.444. The van der Waals surface area contributed by atoms with Gasteiger partial charge in [-0.1, -0.05) is 36.7 Å². The summed E-state index contributed by atoms with van der Waals surface area (Å²) in [7, 11) is 0. The molecule has 4 atom stereocenters. The average Bonchev–Trinajstić information content (AvgIpc) is 3.15. The van der Waals surface area contributed by atoms with E-state index in [-0.39, 0.29) is 11.8 Å². The lowest BCUT2D eigenvalue weighted by Gasteiger charge is -2.27. The quantitative estimate of drug-likeness (QED) is 0.630. The fourth-order valence-corrected chi connectivity index (χ4v) is 4.97. The molecule has 1 aromatic rings. The number of allylic oxidation sites excluding steroid dienone is 2. The van der Waals surface area contributed by atoms with Crippen molar-refractivity contribution in [1.82, 2.24) is 0 Å². The zero-order valence-electron chi connectivity index (χ0n) is 12.4. The van der Waals surface area contributed by atoms with Gasteiger partial charge in [-0.3, -0.25) is 14.5 Å². The van der Waals surface area contributed by atoms with Crippen LogP contribution in [-0.2, 0) is 9.59 Å². The summed E-state index contributed by atoms with van der Waals surface area (Å²) in [5, 5.41) is 0.525. The Bertz CT molecular complexity index is 679. The van der Waals surface area contributed by atoms with Gasteiger partial charge in [-0.25, -0.2) is 0 Å². The molecule has 2 bridgehead atoms. The fourth-order valence-electron chi connectivity index (χ4n) is 4.79. The van der Waals surface area contributed by atoms with E-state index in [9.17, 15) is 9.59 Å². The van der Waals surface area contributed by atoms with Crippen LogP contribution in [-0.4, -0.2) is 12.3 Å². The van der Waals surface area contributed by atoms with E-state index in [0.717, 1.165) is 0 Å². The predicted octanol–water partition coefficient (Wildman–Crippen LogP) is 3.68. The lowest BCUT2D eigenvalue weighted by molar-refractivity contribution is -0.126. The molecular weight excluding hydrogens is 298 g/mol. The smallest absolute Gasteiger partial charge is 0.237 e. The molecule has 0 aliphatic heterocycles. The Kier molecular flexibility index (Phi) is 2.99. The minimum Gasteiger partial charge on any atom is -0.278 e. The van der Waals surface area contributed by atoms with Gasteiger partial charge in [0, 0.05) is 10.9 Å². The van der Waals surface area contributed by atoms with Gasteiger partial charge in [0.1, 0.15) is 0 Å². The summed E-state index contributed by atoms with van der Waals surface area (Å²) in [4.78, 5) is 25.8. The molecule has 22 heavy (non-hydrogen) atoms. The molecule has 1 aromatic carbocycles. The van der Waals surface area contributed by atoms with Crippen molar-refractivity contribution in [2.45, 2.75) is 19.8 Å². The number of benzene rings is 1. The normalized spacial score (nSPS) is 33.2. The van der Waals surface area contributed by atoms with Crippen molar-refractivity contribution in [2.24, 2.45) is 29.1 Å². The highest BCUT2D eigenvalue weighted by molar-refractivity contribution is 6.31. The Morgan fingerprint density at radius 1 is 1.32 bits per heavy atom. The van der Waals surface area contributed by atoms with Gasteiger partial charge in [-0.15, -0.1) is 0 Å². The molecule has 2 fully saturated rings. The molecule has 3 nitrogen and oxygen atoms in total. The molecule has 4 rings (SSSR count). The van der Waals surface area contributed by atoms with E-state index >= 15 is 0 Å². The van der Waals surface area contributed by atoms with Crippen LogP contribution in [0.15, 0.2) is 36.4 Å². The molecule has 0 saturated heterocycles. The Morgan fingerprint density at radius 2 is 2.05 bits per heavy atom. The summed E-state index contributed by atoms with van der Waals surface area (Å²) in [5.74, 6) is 0.905. The van der Waals surface area contributed by atoms with E-state index in [1.165, 1.54) is 17.7 Å². The van der Waals surface area contributed by atoms with Gasteiger partial charge in [-0.2, -0.15) is 0 Å². The van der Waals surface area contributed by atoms with Gasteiger partial charge >= 0.3 is 0 Å². The number of hydrogen-bond donors (Lipinski definition) is 0. The van der Waals surface area contributed by atoms with Gasteiger partial charge in [0.15, 0.2) is 0 Å². The minimum absolute atomic E-state index is 0.0899. The van der Waals surface area contributed by atoms with Crippen LogP contribution in [0.5, 0.6) is 0 Å². The number of imide groups is 1. The highest BCUT2D eigenvalue weighted by atomic mass is 35.5. The maximum atomic E-state index is 13.0. The molecule has 1 spiro atoms. The number of amides is 2. The second-order valence-corrected chi connectivity index (χ2v) is 7.28. The Labute approximate surface area is 134 Å². The highest BCUT2D eigenvalue weighted by Gasteiger charge is 2.67. The van der Waals surface area contributed by atoms with Crippen molar-refractivity contribution in [3.63, 3.8) is 0 Å². The van der Waals surface area contributed by atoms with Crippen LogP contribution in [0.25, 0.3) is 0 Å². The van der Waals surface area contributed by atoms with Crippen LogP contribution >= 0.6 is 11.6 Å². The van der Waals surface area contributed by atoms with Gasteiger partial charge in [0.25, 0.3) is 0 Å². The number of carbonyl (C=O) groups excluding carboxylic acids is 2. The molecule has 0 aromatic heterocycles. The third-order valence-corrected chi connectivity index (χ3v) is 6.15. The van der Waals surface area contributed by atoms with Crippen molar-refractivity contribution >= 4 is 29.6 Å². The third-order valence-electron chi connectivity index (χ3n) is 5.92. The highest BCUT2D eigenvalue weighted by Crippen LogP contribution is 2.72. The molecule has 0 heterocycles. The molecule has 3 aliphatic rings. The lowest BCUT2D eigenvalue weighted by Crippen LogP contribution is -2.39. The monoisotopic (exact) mass is 315 g/mol. The SMILES string of the molecule is C[C@H]1[C@@H](C(=O)N(C=O)c2cccc(Cl)c2)[C@H]2C=C[C@H]1C21CC1. The first-order valence-electron chi connectivity index (χ1n) is 7.81. The Balaban J connectivity index is 1.66. The topological polar surface area (TPSA) is 37.4 Å². The summed E-state index contributed by atoms with van der Waals surface area (Å²) in [6, 6.07) is 6.90. The minimum atomic E-state index is -0.0957. The predicted molar refractivity (Wildman–Crippen MR) is 85.4 cm³/mol. The summed E-state index contributed by atoms with van der Waals surface area (Å²) in [6.07, 6.45) is 7.54. The number of hydrogen-bond acceptors (Lipinski definition) is 2. The van der Waals surface area contributed by atoms with E-state index in [1.807, 2.05) is 0 Å². The second kappa shape index (κ2) is 4.69. The third kappa shape index (κ3) is 1.75. The molecule has 2 amide bonds. The average molecular weight is 316 g/mol. The standard InChI is InChI=1S/C18H18ClNO2/c1-11-14-5-6-15(18(14)7-8-18)16(11)17(22)20(10-21)13-4-2-3-12(19)9-13/h2-6,9-11,14-16H,7-8H2,1H3/t11-,14-,15-,16-/m1/s1. The van der Waals surface area contributed by atoms with Crippen LogP contribution in [0.2, 0.25) is 5.02 Å². The van der Waals surface area contributed by atoms with E-state index in [2.05, 4.69) is 19.1 Å². The number of carbonyl (C=O) groups is 2. The van der Waals surface area contributed by atoms with Crippen LogP contribution in [0.4, 0.5) is 5.69 Å². The van der Waals surface area contributed by atoms with Crippen LogP contribution in [0.1, 0.15) is 19.8 Å². The van der Waals surface area contributed by atoms with Crippen molar-refractivity contribution in [3.05, 3.63) is 41.4 Å². The van der Waals surface area contributed by atoms with Crippen LogP contribution < -0.4 is 4.90 Å². The van der Waals surface area contributed by atoms with E-state index in [0.29, 0.717) is 40.3 Å². The molecule has 0 N–H and O–H groups in total. The largest absolute Gasteiger partial charge is 0.278 e. The van der Waals surface area contributed by atoms with Crippen LogP contribution in [0, 0.1) is 29.1 Å². The summed E-state index contributed by atoms with van der Waals surface area (Å²) in [6.45, 7) is 2.15. The summed E-state index contributed by atoms with van der Waals surface area (Å²) in [5.41, 5.74) is 0.874. The maximum absolute atomic E-state index is 13.0. The van der Waals surface area contributed by atoms with Crippen LogP contribution in [0.3, 0.4) is 0 Å². The molecule has 0 unspecified atom stereocenters. The van der Waals surface area contributed by atoms with Gasteiger partial charge in [0.05, 0.1) is 5.69 Å². The van der Waals surface area contributed by atoms with Crippen molar-refractivity contribution in [3.8, 4) is 0 Å². The molecular formula is C18H18ClNO2. The lowest BCUT2D eigenvalue weighted by atomic mass is 9.83. The number of halogens is 1. The van der Waals surface area contributed by atoms with Crippen molar-refractivity contribution in [2.75, 3.05) is 4.90 Å². The maximum Gasteiger partial charge on any atom is 0.237 e. The summed E-state index contributed by atoms with van der Waals surface area (Å²) >= 11 is 5.99. The van der Waals surface area contributed by atoms with E-state index in [4.69, 9.17) is 11.6 Å².